The van der Waals surface area contributed by atoms with Gasteiger partial charge >= 0.3 is 0 Å². The maximum Gasteiger partial charge on any atom is 0.157 e. The lowest BCUT2D eigenvalue weighted by atomic mass is 10.1. The molecule has 0 saturated carbocycles. The summed E-state index contributed by atoms with van der Waals surface area (Å²) < 4.78 is 0. The second-order valence-corrected chi connectivity index (χ2v) is 6.69. The first-order valence-electron chi connectivity index (χ1n) is 9.78. The van der Waals surface area contributed by atoms with Crippen LogP contribution < -0.4 is 5.73 Å². The second kappa shape index (κ2) is 17.3. The molecule has 0 bridgehead atoms. The number of carbonyl (C=O) groups excluding carboxylic acids is 1. The highest BCUT2D eigenvalue weighted by atomic mass is 16.1. The van der Waals surface area contributed by atoms with Gasteiger partial charge in [-0.05, 0) is 45.1 Å². The summed E-state index contributed by atoms with van der Waals surface area (Å²) >= 11 is 0. The van der Waals surface area contributed by atoms with Gasteiger partial charge in [0.25, 0.3) is 0 Å². The Balaban J connectivity index is 3.22. The smallest absolute Gasteiger partial charge is 0.157 e. The van der Waals surface area contributed by atoms with Crippen molar-refractivity contribution >= 4 is 5.78 Å². The zero-order valence-corrected chi connectivity index (χ0v) is 15.6. The van der Waals surface area contributed by atoms with E-state index >= 15 is 0 Å². The minimum Gasteiger partial charge on any atom is -0.402 e. The minimum absolute atomic E-state index is 0.169. The van der Waals surface area contributed by atoms with E-state index in [0.717, 1.165) is 12.8 Å². The third-order valence-electron chi connectivity index (χ3n) is 4.07. The number of unbranched alkanes of at least 4 members (excludes halogenated alkanes) is 11. The van der Waals surface area contributed by atoms with Crippen LogP contribution in [0.1, 0.15) is 104 Å². The van der Waals surface area contributed by atoms with Crippen LogP contribution in [0.5, 0.6) is 0 Å². The van der Waals surface area contributed by atoms with Crippen LogP contribution in [0.2, 0.25) is 0 Å². The molecule has 23 heavy (non-hydrogen) atoms. The van der Waals surface area contributed by atoms with Gasteiger partial charge in [0.1, 0.15) is 0 Å². The van der Waals surface area contributed by atoms with Crippen molar-refractivity contribution in [3.63, 3.8) is 0 Å². The molecule has 0 aromatic heterocycles. The summed E-state index contributed by atoms with van der Waals surface area (Å²) in [4.78, 5) is 11.4. The van der Waals surface area contributed by atoms with Crippen LogP contribution in [0, 0.1) is 0 Å². The lowest BCUT2D eigenvalue weighted by molar-refractivity contribution is -0.114. The number of rotatable bonds is 16. The summed E-state index contributed by atoms with van der Waals surface area (Å²) in [6.45, 7) is 4.03. The summed E-state index contributed by atoms with van der Waals surface area (Å²) in [5.74, 6) is 0.169. The number of nitrogens with two attached hydrogens (primary N) is 1. The Labute approximate surface area is 144 Å². The summed E-state index contributed by atoms with van der Waals surface area (Å²) in [6, 6.07) is 0. The second-order valence-electron chi connectivity index (χ2n) is 6.69. The van der Waals surface area contributed by atoms with Crippen molar-refractivity contribution in [2.45, 2.75) is 104 Å². The Morgan fingerprint density at radius 2 is 1.26 bits per heavy atom. The molecule has 2 nitrogen and oxygen atoms in total. The first-order valence-corrected chi connectivity index (χ1v) is 9.78. The number of hydrogen-bond donors (Lipinski definition) is 1. The Bertz CT molecular complexity index is 327. The summed E-state index contributed by atoms with van der Waals surface area (Å²) in [6.07, 6.45) is 23.6. The molecule has 0 aromatic carbocycles. The number of carbonyl (C=O) groups is 1. The number of ketones is 1. The largest absolute Gasteiger partial charge is 0.402 e. The minimum atomic E-state index is 0.169. The Kier molecular flexibility index (Phi) is 16.5. The molecular formula is C21H39NO. The average molecular weight is 322 g/mol. The Morgan fingerprint density at radius 1 is 0.783 bits per heavy atom. The molecular weight excluding hydrogens is 282 g/mol. The molecule has 0 aliphatic rings. The van der Waals surface area contributed by atoms with Gasteiger partial charge in [-0.15, -0.1) is 0 Å². The lowest BCUT2D eigenvalue weighted by Gasteiger charge is -2.00. The maximum absolute atomic E-state index is 11.4. The fourth-order valence-corrected chi connectivity index (χ4v) is 2.70. The van der Waals surface area contributed by atoms with E-state index in [4.69, 9.17) is 5.73 Å². The molecule has 0 aliphatic heterocycles. The van der Waals surface area contributed by atoms with Crippen LogP contribution in [-0.2, 0) is 4.79 Å². The van der Waals surface area contributed by atoms with Crippen LogP contribution in [0.15, 0.2) is 23.9 Å². The monoisotopic (exact) mass is 321 g/mol. The van der Waals surface area contributed by atoms with Crippen LogP contribution in [0.4, 0.5) is 0 Å². The Morgan fingerprint density at radius 3 is 1.78 bits per heavy atom. The summed E-state index contributed by atoms with van der Waals surface area (Å²) in [5.41, 5.74) is 6.10. The van der Waals surface area contributed by atoms with E-state index in [1.165, 1.54) is 70.6 Å². The predicted octanol–water partition coefficient (Wildman–Crippen LogP) is 6.46. The van der Waals surface area contributed by atoms with Gasteiger partial charge in [-0.25, -0.2) is 0 Å². The normalized spacial score (nSPS) is 12.2. The SMILES string of the molecule is CCCCCCCC/C=C/CCCCCCCC(=O)/C=C(/C)N. The van der Waals surface area contributed by atoms with E-state index in [0.29, 0.717) is 12.1 Å². The molecule has 0 amide bonds. The van der Waals surface area contributed by atoms with Crippen molar-refractivity contribution in [3.8, 4) is 0 Å². The van der Waals surface area contributed by atoms with Crippen LogP contribution >= 0.6 is 0 Å². The molecule has 0 heterocycles. The predicted molar refractivity (Wildman–Crippen MR) is 102 cm³/mol. The zero-order valence-electron chi connectivity index (χ0n) is 15.6. The highest BCUT2D eigenvalue weighted by Gasteiger charge is 1.97. The molecule has 0 rings (SSSR count). The van der Waals surface area contributed by atoms with Gasteiger partial charge in [0.2, 0.25) is 0 Å². The van der Waals surface area contributed by atoms with E-state index in [9.17, 15) is 4.79 Å². The van der Waals surface area contributed by atoms with E-state index in [-0.39, 0.29) is 5.78 Å². The molecule has 0 saturated heterocycles. The molecule has 0 aromatic rings. The molecule has 134 valence electrons. The average Bonchev–Trinajstić information content (AvgIpc) is 2.50. The molecule has 2 N–H and O–H groups in total. The highest BCUT2D eigenvalue weighted by Crippen LogP contribution is 2.10. The molecule has 0 atom stereocenters. The molecule has 0 aliphatic carbocycles. The van der Waals surface area contributed by atoms with Gasteiger partial charge in [0, 0.05) is 12.1 Å². The van der Waals surface area contributed by atoms with Crippen molar-refractivity contribution in [2.24, 2.45) is 5.73 Å². The van der Waals surface area contributed by atoms with Gasteiger partial charge in [-0.1, -0.05) is 70.4 Å². The van der Waals surface area contributed by atoms with Gasteiger partial charge in [0.15, 0.2) is 5.78 Å². The topological polar surface area (TPSA) is 43.1 Å². The van der Waals surface area contributed by atoms with Crippen LogP contribution in [0.3, 0.4) is 0 Å². The van der Waals surface area contributed by atoms with E-state index in [2.05, 4.69) is 19.1 Å². The fourth-order valence-electron chi connectivity index (χ4n) is 2.70. The van der Waals surface area contributed by atoms with Crippen molar-refractivity contribution in [3.05, 3.63) is 23.9 Å². The van der Waals surface area contributed by atoms with Crippen molar-refractivity contribution < 1.29 is 4.79 Å². The first-order chi connectivity index (χ1) is 11.2. The number of allylic oxidation sites excluding steroid dienone is 4. The third kappa shape index (κ3) is 18.9. The van der Waals surface area contributed by atoms with Gasteiger partial charge < -0.3 is 5.73 Å². The van der Waals surface area contributed by atoms with E-state index in [1.54, 1.807) is 13.0 Å². The van der Waals surface area contributed by atoms with E-state index < -0.39 is 0 Å². The quantitative estimate of drug-likeness (QED) is 0.201. The standard InChI is InChI=1S/C21H39NO/c1-3-4-5-6-7-8-9-10-11-12-13-14-15-16-17-18-21(23)19-20(2)22/h10-11,19H,3-9,12-18,22H2,1-2H3/b11-10+,20-19-. The van der Waals surface area contributed by atoms with Crippen LogP contribution in [0.25, 0.3) is 0 Å². The van der Waals surface area contributed by atoms with Crippen LogP contribution in [-0.4, -0.2) is 5.78 Å². The van der Waals surface area contributed by atoms with Crippen molar-refractivity contribution in [1.82, 2.24) is 0 Å². The lowest BCUT2D eigenvalue weighted by Crippen LogP contribution is -1.98. The van der Waals surface area contributed by atoms with Gasteiger partial charge in [-0.2, -0.15) is 0 Å². The number of hydrogen-bond acceptors (Lipinski definition) is 2. The van der Waals surface area contributed by atoms with Gasteiger partial charge in [-0.3, -0.25) is 4.79 Å². The van der Waals surface area contributed by atoms with Crippen molar-refractivity contribution in [1.29, 1.82) is 0 Å². The molecule has 0 radical (unpaired) electrons. The van der Waals surface area contributed by atoms with Gasteiger partial charge in [0.05, 0.1) is 0 Å². The summed E-state index contributed by atoms with van der Waals surface area (Å²) in [7, 11) is 0. The fraction of sp³-hybridized carbons (Fsp3) is 0.762. The molecule has 0 spiro atoms. The third-order valence-corrected chi connectivity index (χ3v) is 4.07. The van der Waals surface area contributed by atoms with E-state index in [1.807, 2.05) is 0 Å². The highest BCUT2D eigenvalue weighted by molar-refractivity contribution is 5.89. The maximum atomic E-state index is 11.4. The first kappa shape index (κ1) is 21.9. The summed E-state index contributed by atoms with van der Waals surface area (Å²) in [5, 5.41) is 0. The Hall–Kier alpha value is -1.05. The van der Waals surface area contributed by atoms with Crippen molar-refractivity contribution in [2.75, 3.05) is 0 Å². The molecule has 0 unspecified atom stereocenters. The molecule has 2 heteroatoms. The zero-order chi connectivity index (χ0) is 17.2. The molecule has 0 fully saturated rings.